The lowest BCUT2D eigenvalue weighted by Crippen LogP contribution is -2.14. The first-order valence-electron chi connectivity index (χ1n) is 7.18. The van der Waals surface area contributed by atoms with Crippen LogP contribution in [0.15, 0.2) is 24.3 Å². The Bertz CT molecular complexity index is 411. The second-order valence-corrected chi connectivity index (χ2v) is 5.11. The van der Waals surface area contributed by atoms with Crippen molar-refractivity contribution in [1.29, 1.82) is 0 Å². The van der Waals surface area contributed by atoms with E-state index in [0.29, 0.717) is 12.5 Å². The van der Waals surface area contributed by atoms with Crippen LogP contribution in [0.25, 0.3) is 0 Å². The molecule has 2 rings (SSSR count). The van der Waals surface area contributed by atoms with E-state index in [1.807, 2.05) is 25.2 Å². The number of benzene rings is 1. The molecule has 0 spiro atoms. The van der Waals surface area contributed by atoms with E-state index in [2.05, 4.69) is 11.4 Å². The molecule has 0 saturated carbocycles. The van der Waals surface area contributed by atoms with Gasteiger partial charge in [-0.05, 0) is 44.8 Å². The Kier molecular flexibility index (Phi) is 5.55. The lowest BCUT2D eigenvalue weighted by atomic mass is 9.97. The maximum Gasteiger partial charge on any atom is 0.163 e. The number of rotatable bonds is 7. The van der Waals surface area contributed by atoms with Crippen LogP contribution < -0.4 is 5.32 Å². The van der Waals surface area contributed by atoms with Crippen LogP contribution in [0.5, 0.6) is 0 Å². The van der Waals surface area contributed by atoms with Crippen molar-refractivity contribution in [1.82, 2.24) is 5.32 Å². The highest BCUT2D eigenvalue weighted by atomic mass is 16.5. The van der Waals surface area contributed by atoms with Crippen LogP contribution in [0.1, 0.15) is 41.6 Å². The van der Waals surface area contributed by atoms with Gasteiger partial charge in [-0.3, -0.25) is 4.79 Å². The first-order valence-corrected chi connectivity index (χ1v) is 7.18. The van der Waals surface area contributed by atoms with Crippen LogP contribution in [-0.2, 0) is 11.2 Å². The zero-order valence-corrected chi connectivity index (χ0v) is 11.7. The van der Waals surface area contributed by atoms with Gasteiger partial charge in [0.1, 0.15) is 0 Å². The molecule has 1 aromatic carbocycles. The molecule has 19 heavy (non-hydrogen) atoms. The summed E-state index contributed by atoms with van der Waals surface area (Å²) >= 11 is 0. The van der Waals surface area contributed by atoms with E-state index < -0.39 is 0 Å². The fourth-order valence-corrected chi connectivity index (χ4v) is 2.57. The molecule has 1 aromatic rings. The number of ether oxygens (including phenoxy) is 1. The van der Waals surface area contributed by atoms with Gasteiger partial charge in [0.2, 0.25) is 0 Å². The van der Waals surface area contributed by atoms with Gasteiger partial charge in [-0.1, -0.05) is 24.3 Å². The van der Waals surface area contributed by atoms with E-state index in [-0.39, 0.29) is 5.78 Å². The van der Waals surface area contributed by atoms with E-state index in [9.17, 15) is 4.79 Å². The van der Waals surface area contributed by atoms with Crippen molar-refractivity contribution < 1.29 is 9.53 Å². The zero-order valence-electron chi connectivity index (χ0n) is 11.7. The summed E-state index contributed by atoms with van der Waals surface area (Å²) in [5, 5.41) is 3.13. The van der Waals surface area contributed by atoms with Crippen molar-refractivity contribution in [2.75, 3.05) is 20.2 Å². The van der Waals surface area contributed by atoms with Crippen molar-refractivity contribution in [3.63, 3.8) is 0 Å². The molecule has 1 fully saturated rings. The van der Waals surface area contributed by atoms with Gasteiger partial charge in [-0.25, -0.2) is 0 Å². The third-order valence-electron chi connectivity index (χ3n) is 3.68. The number of hydrogen-bond acceptors (Lipinski definition) is 3. The minimum atomic E-state index is 0.252. The quantitative estimate of drug-likeness (QED) is 0.767. The number of ketones is 1. The molecule has 1 saturated heterocycles. The molecule has 0 bridgehead atoms. The molecule has 0 radical (unpaired) electrons. The van der Waals surface area contributed by atoms with Gasteiger partial charge in [0.15, 0.2) is 5.78 Å². The van der Waals surface area contributed by atoms with Crippen LogP contribution in [0.2, 0.25) is 0 Å². The number of carbonyl (C=O) groups is 1. The third kappa shape index (κ3) is 4.15. The molecule has 1 unspecified atom stereocenters. The second kappa shape index (κ2) is 7.41. The maximum atomic E-state index is 12.3. The minimum absolute atomic E-state index is 0.252. The molecule has 1 N–H and O–H groups in total. The molecule has 1 heterocycles. The fourth-order valence-electron chi connectivity index (χ4n) is 2.57. The molecular weight excluding hydrogens is 238 g/mol. The monoisotopic (exact) mass is 261 g/mol. The van der Waals surface area contributed by atoms with E-state index in [0.717, 1.165) is 50.0 Å². The molecule has 1 aliphatic heterocycles. The number of likely N-dealkylation sites (N-methyl/N-ethyl adjacent to an activating group) is 1. The minimum Gasteiger partial charge on any atom is -0.378 e. The van der Waals surface area contributed by atoms with Crippen molar-refractivity contribution in [3.8, 4) is 0 Å². The number of nitrogens with one attached hydrogen (secondary N) is 1. The van der Waals surface area contributed by atoms with Gasteiger partial charge in [0.05, 0.1) is 6.10 Å². The van der Waals surface area contributed by atoms with Crippen molar-refractivity contribution in [3.05, 3.63) is 35.4 Å². The Labute approximate surface area is 115 Å². The van der Waals surface area contributed by atoms with E-state index >= 15 is 0 Å². The summed E-state index contributed by atoms with van der Waals surface area (Å²) in [6.07, 6.45) is 4.90. The van der Waals surface area contributed by atoms with Gasteiger partial charge in [0, 0.05) is 18.6 Å². The molecule has 104 valence electrons. The van der Waals surface area contributed by atoms with Gasteiger partial charge in [0.25, 0.3) is 0 Å². The average Bonchev–Trinajstić information content (AvgIpc) is 2.96. The SMILES string of the molecule is CNCCc1ccccc1C(=O)CCC1CCCO1. The van der Waals surface area contributed by atoms with Crippen LogP contribution in [0.3, 0.4) is 0 Å². The lowest BCUT2D eigenvalue weighted by molar-refractivity contribution is 0.0858. The molecular formula is C16H23NO2. The normalized spacial score (nSPS) is 18.7. The number of hydrogen-bond donors (Lipinski definition) is 1. The standard InChI is InChI=1S/C16H23NO2/c1-17-11-10-13-5-2-3-7-15(13)16(18)9-8-14-6-4-12-19-14/h2-3,5,7,14,17H,4,6,8-12H2,1H3. The Morgan fingerprint density at radius 3 is 3.00 bits per heavy atom. The topological polar surface area (TPSA) is 38.3 Å². The maximum absolute atomic E-state index is 12.3. The van der Waals surface area contributed by atoms with Gasteiger partial charge in [-0.15, -0.1) is 0 Å². The Morgan fingerprint density at radius 2 is 2.26 bits per heavy atom. The van der Waals surface area contributed by atoms with E-state index in [1.54, 1.807) is 0 Å². The summed E-state index contributed by atoms with van der Waals surface area (Å²) < 4.78 is 5.57. The molecule has 0 aromatic heterocycles. The highest BCUT2D eigenvalue weighted by Gasteiger charge is 2.18. The molecule has 1 aliphatic rings. The Balaban J connectivity index is 1.93. The Morgan fingerprint density at radius 1 is 1.42 bits per heavy atom. The molecule has 0 aliphatic carbocycles. The summed E-state index contributed by atoms with van der Waals surface area (Å²) in [5.41, 5.74) is 2.03. The number of Topliss-reactive ketones (excluding diaryl/α,β-unsaturated/α-hetero) is 1. The van der Waals surface area contributed by atoms with E-state index in [1.165, 1.54) is 0 Å². The van der Waals surface area contributed by atoms with Crippen LogP contribution in [0, 0.1) is 0 Å². The summed E-state index contributed by atoms with van der Waals surface area (Å²) in [6, 6.07) is 7.95. The highest BCUT2D eigenvalue weighted by Crippen LogP contribution is 2.19. The smallest absolute Gasteiger partial charge is 0.163 e. The summed E-state index contributed by atoms with van der Waals surface area (Å²) in [5.74, 6) is 0.252. The van der Waals surface area contributed by atoms with Crippen molar-refractivity contribution >= 4 is 5.78 Å². The fraction of sp³-hybridized carbons (Fsp3) is 0.562. The van der Waals surface area contributed by atoms with Crippen molar-refractivity contribution in [2.45, 2.75) is 38.2 Å². The predicted octanol–water partition coefficient (Wildman–Crippen LogP) is 2.59. The van der Waals surface area contributed by atoms with Crippen LogP contribution in [-0.4, -0.2) is 32.1 Å². The van der Waals surface area contributed by atoms with Gasteiger partial charge < -0.3 is 10.1 Å². The number of carbonyl (C=O) groups excluding carboxylic acids is 1. The molecule has 1 atom stereocenters. The predicted molar refractivity (Wildman–Crippen MR) is 76.6 cm³/mol. The second-order valence-electron chi connectivity index (χ2n) is 5.11. The largest absolute Gasteiger partial charge is 0.378 e. The molecule has 3 heteroatoms. The third-order valence-corrected chi connectivity index (χ3v) is 3.68. The van der Waals surface area contributed by atoms with Gasteiger partial charge >= 0.3 is 0 Å². The summed E-state index contributed by atoms with van der Waals surface area (Å²) in [4.78, 5) is 12.3. The van der Waals surface area contributed by atoms with E-state index in [4.69, 9.17) is 4.74 Å². The molecule has 3 nitrogen and oxygen atoms in total. The first kappa shape index (κ1) is 14.2. The highest BCUT2D eigenvalue weighted by molar-refractivity contribution is 5.97. The Hall–Kier alpha value is -1.19. The first-order chi connectivity index (χ1) is 9.31. The summed E-state index contributed by atoms with van der Waals surface area (Å²) in [7, 11) is 1.93. The lowest BCUT2D eigenvalue weighted by Gasteiger charge is -2.11. The van der Waals surface area contributed by atoms with Gasteiger partial charge in [-0.2, -0.15) is 0 Å². The summed E-state index contributed by atoms with van der Waals surface area (Å²) in [6.45, 7) is 1.76. The van der Waals surface area contributed by atoms with Crippen LogP contribution in [0.4, 0.5) is 0 Å². The average molecular weight is 261 g/mol. The molecule has 0 amide bonds. The zero-order chi connectivity index (χ0) is 13.5. The van der Waals surface area contributed by atoms with Crippen molar-refractivity contribution in [2.24, 2.45) is 0 Å². The van der Waals surface area contributed by atoms with Crippen LogP contribution >= 0.6 is 0 Å².